The van der Waals surface area contributed by atoms with Crippen LogP contribution in [0.1, 0.15) is 31.8 Å². The first kappa shape index (κ1) is 21.7. The van der Waals surface area contributed by atoms with Crippen molar-refractivity contribution in [3.8, 4) is 0 Å². The predicted molar refractivity (Wildman–Crippen MR) is 119 cm³/mol. The van der Waals surface area contributed by atoms with E-state index in [-0.39, 0.29) is 24.0 Å². The monoisotopic (exact) mass is 483 g/mol. The molecule has 0 radical (unpaired) electrons. The Morgan fingerprint density at radius 2 is 1.43 bits per heavy atom. The smallest absolute Gasteiger partial charge is 0.236 e. The standard InChI is InChI=1S/C23H18BrN3O2.ClH/c1-27(2)13-25-21-17(24)12-18(26-14-8-4-3-5-9-14)19-20(21)23(29)16-11-7-6-10-15(16)22(19)28;/h3-13H,1-2H3,(H,26,28);1H. The first-order valence-corrected chi connectivity index (χ1v) is 9.90. The third kappa shape index (κ3) is 3.88. The van der Waals surface area contributed by atoms with E-state index in [2.05, 4.69) is 26.6 Å². The van der Waals surface area contributed by atoms with Gasteiger partial charge in [0.25, 0.3) is 0 Å². The lowest BCUT2D eigenvalue weighted by Crippen LogP contribution is -3.00. The molecule has 4 rings (SSSR count). The van der Waals surface area contributed by atoms with Gasteiger partial charge in [-0.3, -0.25) is 14.2 Å². The molecule has 0 saturated heterocycles. The van der Waals surface area contributed by atoms with Gasteiger partial charge in [0.2, 0.25) is 6.34 Å². The Labute approximate surface area is 189 Å². The van der Waals surface area contributed by atoms with Crippen LogP contribution >= 0.6 is 15.9 Å². The summed E-state index contributed by atoms with van der Waals surface area (Å²) >= 11 is 3.57. The van der Waals surface area contributed by atoms with Gasteiger partial charge in [0.05, 0.1) is 35.4 Å². The first-order chi connectivity index (χ1) is 14.0. The molecule has 0 atom stereocenters. The van der Waals surface area contributed by atoms with Gasteiger partial charge in [0.15, 0.2) is 17.3 Å². The molecule has 0 bridgehead atoms. The number of hydrogen-bond acceptors (Lipinski definition) is 3. The van der Waals surface area contributed by atoms with Gasteiger partial charge in [-0.2, -0.15) is 0 Å². The van der Waals surface area contributed by atoms with Crippen molar-refractivity contribution in [1.29, 1.82) is 0 Å². The number of rotatable bonds is 4. The van der Waals surface area contributed by atoms with Crippen LogP contribution in [0, 0.1) is 0 Å². The van der Waals surface area contributed by atoms with Crippen LogP contribution in [0.25, 0.3) is 0 Å². The largest absolute Gasteiger partial charge is 1.00 e. The van der Waals surface area contributed by atoms with Crippen molar-refractivity contribution in [1.82, 2.24) is 0 Å². The molecular weight excluding hydrogens is 466 g/mol. The predicted octanol–water partition coefficient (Wildman–Crippen LogP) is 1.68. The normalized spacial score (nSPS) is 11.7. The molecule has 2 N–H and O–H groups in total. The third-order valence-corrected chi connectivity index (χ3v) is 5.29. The molecular formula is C23H19BrClN3O2. The summed E-state index contributed by atoms with van der Waals surface area (Å²) in [5.41, 5.74) is 3.56. The zero-order valence-electron chi connectivity index (χ0n) is 16.4. The summed E-state index contributed by atoms with van der Waals surface area (Å²) in [5.74, 6) is -0.351. The van der Waals surface area contributed by atoms with Crippen molar-refractivity contribution in [2.75, 3.05) is 24.7 Å². The van der Waals surface area contributed by atoms with Gasteiger partial charge in [0, 0.05) is 16.8 Å². The second-order valence-corrected chi connectivity index (χ2v) is 7.82. The Balaban J connectivity index is 0.00000256. The molecule has 3 aromatic rings. The highest BCUT2D eigenvalue weighted by atomic mass is 79.9. The first-order valence-electron chi connectivity index (χ1n) is 9.10. The van der Waals surface area contributed by atoms with Gasteiger partial charge in [-0.25, -0.2) is 5.32 Å². The molecule has 0 saturated carbocycles. The fourth-order valence-corrected chi connectivity index (χ4v) is 3.91. The third-order valence-electron chi connectivity index (χ3n) is 4.67. The van der Waals surface area contributed by atoms with Crippen molar-refractivity contribution < 1.29 is 26.6 Å². The maximum atomic E-state index is 13.4. The number of fused-ring (bicyclic) bond motifs is 2. The molecule has 0 unspecified atom stereocenters. The fraction of sp³-hybridized carbons (Fsp3) is 0.0870. The summed E-state index contributed by atoms with van der Waals surface area (Å²) in [5, 5.41) is 6.46. The van der Waals surface area contributed by atoms with Crippen molar-refractivity contribution in [3.05, 3.63) is 87.4 Å². The zero-order valence-corrected chi connectivity index (χ0v) is 18.7. The molecule has 0 heterocycles. The number of benzene rings is 3. The Morgan fingerprint density at radius 3 is 2.03 bits per heavy atom. The second-order valence-electron chi connectivity index (χ2n) is 6.96. The van der Waals surface area contributed by atoms with Crippen LogP contribution in [-0.4, -0.2) is 36.6 Å². The number of anilines is 3. The molecule has 7 heteroatoms. The van der Waals surface area contributed by atoms with Crippen LogP contribution in [-0.2, 0) is 0 Å². The zero-order chi connectivity index (χ0) is 20.5. The molecule has 1 aliphatic carbocycles. The summed E-state index contributed by atoms with van der Waals surface area (Å²) in [6.45, 7) is 0. The summed E-state index contributed by atoms with van der Waals surface area (Å²) in [7, 11) is 3.75. The molecule has 152 valence electrons. The van der Waals surface area contributed by atoms with Crippen molar-refractivity contribution in [2.24, 2.45) is 0 Å². The highest BCUT2D eigenvalue weighted by Gasteiger charge is 2.36. The Kier molecular flexibility index (Phi) is 6.39. The van der Waals surface area contributed by atoms with Crippen molar-refractivity contribution in [3.63, 3.8) is 0 Å². The van der Waals surface area contributed by atoms with E-state index < -0.39 is 0 Å². The molecule has 3 aromatic carbocycles. The second kappa shape index (κ2) is 8.81. The molecule has 5 nitrogen and oxygen atoms in total. The molecule has 0 aromatic heterocycles. The van der Waals surface area contributed by atoms with Gasteiger partial charge in [-0.1, -0.05) is 42.5 Å². The Morgan fingerprint density at radius 1 is 0.867 bits per heavy atom. The summed E-state index contributed by atoms with van der Waals surface area (Å²) in [6.07, 6.45) is 1.74. The van der Waals surface area contributed by atoms with E-state index in [1.54, 1.807) is 30.6 Å². The number of nitrogens with one attached hydrogen (secondary N) is 2. The van der Waals surface area contributed by atoms with Gasteiger partial charge in [0.1, 0.15) is 0 Å². The maximum Gasteiger partial charge on any atom is 0.236 e. The summed E-state index contributed by atoms with van der Waals surface area (Å²) < 4.78 is 2.52. The van der Waals surface area contributed by atoms with Gasteiger partial charge < -0.3 is 17.7 Å². The van der Waals surface area contributed by atoms with Crippen LogP contribution in [0.15, 0.2) is 65.1 Å². The molecule has 0 aliphatic heterocycles. The number of ketones is 2. The lowest BCUT2D eigenvalue weighted by Gasteiger charge is -2.23. The highest BCUT2D eigenvalue weighted by Crippen LogP contribution is 2.41. The molecule has 0 fully saturated rings. The minimum Gasteiger partial charge on any atom is -1.00 e. The van der Waals surface area contributed by atoms with Crippen LogP contribution < -0.4 is 23.0 Å². The number of carbonyl (C=O) groups excluding carboxylic acids is 2. The van der Waals surface area contributed by atoms with E-state index in [4.69, 9.17) is 0 Å². The topological polar surface area (TPSA) is 61.2 Å². The van der Waals surface area contributed by atoms with Gasteiger partial charge in [-0.15, -0.1) is 0 Å². The van der Waals surface area contributed by atoms with E-state index in [1.807, 2.05) is 55.1 Å². The van der Waals surface area contributed by atoms with E-state index in [0.717, 1.165) is 5.69 Å². The Bertz CT molecular complexity index is 1170. The number of carbonyl (C=O) groups is 2. The summed E-state index contributed by atoms with van der Waals surface area (Å²) in [6, 6.07) is 18.3. The fourth-order valence-electron chi connectivity index (χ4n) is 3.37. The van der Waals surface area contributed by atoms with Crippen LogP contribution in [0.2, 0.25) is 0 Å². The van der Waals surface area contributed by atoms with Crippen molar-refractivity contribution >= 4 is 50.9 Å². The van der Waals surface area contributed by atoms with E-state index in [0.29, 0.717) is 38.1 Å². The van der Waals surface area contributed by atoms with Crippen molar-refractivity contribution in [2.45, 2.75) is 0 Å². The molecule has 0 amide bonds. The highest BCUT2D eigenvalue weighted by molar-refractivity contribution is 9.10. The minimum atomic E-state index is -0.178. The average molecular weight is 485 g/mol. The van der Waals surface area contributed by atoms with E-state index >= 15 is 0 Å². The molecule has 30 heavy (non-hydrogen) atoms. The van der Waals surface area contributed by atoms with Crippen LogP contribution in [0.3, 0.4) is 0 Å². The molecule has 0 spiro atoms. The van der Waals surface area contributed by atoms with Crippen LogP contribution in [0.5, 0.6) is 0 Å². The lowest BCUT2D eigenvalue weighted by atomic mass is 9.82. The maximum absolute atomic E-state index is 13.4. The quantitative estimate of drug-likeness (QED) is 0.263. The SMILES string of the molecule is C[N+](C)=CNc1c(Br)cc(Nc2ccccc2)c2c1C(=O)c1ccccc1C2=O.[Cl-]. The number of para-hydroxylation sites is 1. The summed E-state index contributed by atoms with van der Waals surface area (Å²) in [4.78, 5) is 26.8. The van der Waals surface area contributed by atoms with Gasteiger partial charge in [-0.05, 0) is 34.1 Å². The van der Waals surface area contributed by atoms with E-state index in [1.165, 1.54) is 0 Å². The minimum absolute atomic E-state index is 0. The number of hydrogen-bond donors (Lipinski definition) is 2. The lowest BCUT2D eigenvalue weighted by molar-refractivity contribution is -0.459. The van der Waals surface area contributed by atoms with Crippen LogP contribution in [0.4, 0.5) is 17.1 Å². The Hall–Kier alpha value is -2.96. The number of halogens is 2. The molecule has 1 aliphatic rings. The number of nitrogens with zero attached hydrogens (tertiary/aromatic N) is 1. The average Bonchev–Trinajstić information content (AvgIpc) is 2.71. The van der Waals surface area contributed by atoms with Gasteiger partial charge >= 0.3 is 0 Å². The van der Waals surface area contributed by atoms with E-state index in [9.17, 15) is 9.59 Å².